The zero-order valence-corrected chi connectivity index (χ0v) is 6.28. The lowest BCUT2D eigenvalue weighted by Gasteiger charge is -2.12. The topological polar surface area (TPSA) is 38.0 Å². The van der Waals surface area contributed by atoms with Crippen molar-refractivity contribution < 1.29 is 0 Å². The van der Waals surface area contributed by atoms with E-state index in [1.165, 1.54) is 6.42 Å². The second kappa shape index (κ2) is 4.24. The molecule has 0 aliphatic carbocycles. The van der Waals surface area contributed by atoms with Gasteiger partial charge in [-0.15, -0.1) is 0 Å². The van der Waals surface area contributed by atoms with Gasteiger partial charge in [-0.2, -0.15) is 0 Å². The number of hydrogen-bond acceptors (Lipinski definition) is 2. The van der Waals surface area contributed by atoms with Gasteiger partial charge in [0, 0.05) is 6.04 Å². The molecule has 3 N–H and O–H groups in total. The van der Waals surface area contributed by atoms with E-state index in [4.69, 9.17) is 5.73 Å². The first kappa shape index (κ1) is 8.34. The lowest BCUT2D eigenvalue weighted by atomic mass is 10.2. The van der Waals surface area contributed by atoms with Crippen LogP contribution in [-0.2, 0) is 0 Å². The summed E-state index contributed by atoms with van der Waals surface area (Å²) >= 11 is 0. The van der Waals surface area contributed by atoms with Gasteiger partial charge in [0.2, 0.25) is 0 Å². The second-order valence-electron chi connectivity index (χ2n) is 2.36. The maximum Gasteiger partial charge on any atom is 0.0887 e. The number of nitrogens with one attached hydrogen (secondary N) is 1. The van der Waals surface area contributed by atoms with E-state index in [2.05, 4.69) is 25.7 Å². The Morgan fingerprint density at radius 3 is 2.67 bits per heavy atom. The molecule has 0 aliphatic heterocycles. The first-order valence-electron chi connectivity index (χ1n) is 3.37. The Morgan fingerprint density at radius 1 is 1.78 bits per heavy atom. The molecular formula is C7H16N2. The maximum atomic E-state index is 5.32. The summed E-state index contributed by atoms with van der Waals surface area (Å²) in [6, 6.07) is 0.465. The largest absolute Gasteiger partial charge is 0.386 e. The molecule has 2 nitrogen and oxygen atoms in total. The first-order chi connectivity index (χ1) is 4.16. The van der Waals surface area contributed by atoms with E-state index in [9.17, 15) is 0 Å². The van der Waals surface area contributed by atoms with E-state index >= 15 is 0 Å². The SMILES string of the molecule is C=C(N)N[C@@H](C)CCC. The van der Waals surface area contributed by atoms with Crippen LogP contribution in [0.15, 0.2) is 12.4 Å². The summed E-state index contributed by atoms with van der Waals surface area (Å²) in [5.41, 5.74) is 5.32. The summed E-state index contributed by atoms with van der Waals surface area (Å²) in [5, 5.41) is 3.03. The minimum absolute atomic E-state index is 0.465. The highest BCUT2D eigenvalue weighted by Crippen LogP contribution is 1.94. The van der Waals surface area contributed by atoms with Gasteiger partial charge in [-0.3, -0.25) is 0 Å². The second-order valence-corrected chi connectivity index (χ2v) is 2.36. The van der Waals surface area contributed by atoms with Gasteiger partial charge in [-0.25, -0.2) is 0 Å². The summed E-state index contributed by atoms with van der Waals surface area (Å²) in [4.78, 5) is 0. The van der Waals surface area contributed by atoms with Gasteiger partial charge in [-0.05, 0) is 13.3 Å². The zero-order valence-electron chi connectivity index (χ0n) is 6.28. The van der Waals surface area contributed by atoms with E-state index in [0.29, 0.717) is 11.9 Å². The molecule has 0 rings (SSSR count). The molecule has 0 heterocycles. The van der Waals surface area contributed by atoms with Crippen molar-refractivity contribution in [2.45, 2.75) is 32.7 Å². The van der Waals surface area contributed by atoms with Gasteiger partial charge in [-0.1, -0.05) is 19.9 Å². The Balaban J connectivity index is 3.26. The molecule has 0 aromatic heterocycles. The third kappa shape index (κ3) is 5.21. The molecule has 2 heteroatoms. The highest BCUT2D eigenvalue weighted by molar-refractivity contribution is 4.84. The summed E-state index contributed by atoms with van der Waals surface area (Å²) in [6.07, 6.45) is 2.33. The van der Waals surface area contributed by atoms with Crippen molar-refractivity contribution in [3.05, 3.63) is 12.4 Å². The minimum Gasteiger partial charge on any atom is -0.386 e. The van der Waals surface area contributed by atoms with E-state index < -0.39 is 0 Å². The van der Waals surface area contributed by atoms with Gasteiger partial charge in [0.1, 0.15) is 0 Å². The molecule has 0 amide bonds. The van der Waals surface area contributed by atoms with Crippen molar-refractivity contribution in [3.63, 3.8) is 0 Å². The van der Waals surface area contributed by atoms with Gasteiger partial charge in [0.25, 0.3) is 0 Å². The maximum absolute atomic E-state index is 5.32. The number of hydrogen-bond donors (Lipinski definition) is 2. The quantitative estimate of drug-likeness (QED) is 0.597. The van der Waals surface area contributed by atoms with Gasteiger partial charge in [0.05, 0.1) is 5.82 Å². The highest BCUT2D eigenvalue weighted by atomic mass is 15.0. The Bertz CT molecular complexity index is 88.9. The molecule has 54 valence electrons. The van der Waals surface area contributed by atoms with Crippen LogP contribution in [0.4, 0.5) is 0 Å². The van der Waals surface area contributed by atoms with Crippen LogP contribution in [0.3, 0.4) is 0 Å². The third-order valence-electron chi connectivity index (χ3n) is 1.15. The average Bonchev–Trinajstić information content (AvgIpc) is 1.63. The van der Waals surface area contributed by atoms with Crippen LogP contribution >= 0.6 is 0 Å². The van der Waals surface area contributed by atoms with Crippen molar-refractivity contribution in [2.75, 3.05) is 0 Å². The Kier molecular flexibility index (Phi) is 3.93. The van der Waals surface area contributed by atoms with Crippen molar-refractivity contribution in [1.29, 1.82) is 0 Å². The Labute approximate surface area is 57.1 Å². The predicted molar refractivity (Wildman–Crippen MR) is 40.8 cm³/mol. The van der Waals surface area contributed by atoms with Crippen molar-refractivity contribution >= 4 is 0 Å². The standard InChI is InChI=1S/C7H16N2/c1-4-5-6(2)9-7(3)8/h6,9H,3-5,8H2,1-2H3/t6-/m0/s1. The minimum atomic E-state index is 0.465. The fourth-order valence-corrected chi connectivity index (χ4v) is 0.822. The van der Waals surface area contributed by atoms with Crippen LogP contribution in [0.1, 0.15) is 26.7 Å². The smallest absolute Gasteiger partial charge is 0.0887 e. The summed E-state index contributed by atoms with van der Waals surface area (Å²) in [7, 11) is 0. The van der Waals surface area contributed by atoms with Gasteiger partial charge < -0.3 is 11.1 Å². The molecule has 0 aliphatic rings. The summed E-state index contributed by atoms with van der Waals surface area (Å²) < 4.78 is 0. The van der Waals surface area contributed by atoms with Gasteiger partial charge in [0.15, 0.2) is 0 Å². The summed E-state index contributed by atoms with van der Waals surface area (Å²) in [6.45, 7) is 7.79. The molecular weight excluding hydrogens is 112 g/mol. The van der Waals surface area contributed by atoms with E-state index in [1.54, 1.807) is 0 Å². The molecule has 0 unspecified atom stereocenters. The van der Waals surface area contributed by atoms with Crippen molar-refractivity contribution in [2.24, 2.45) is 5.73 Å². The number of rotatable bonds is 4. The van der Waals surface area contributed by atoms with Crippen molar-refractivity contribution in [1.82, 2.24) is 5.32 Å². The summed E-state index contributed by atoms with van der Waals surface area (Å²) in [5.74, 6) is 0.566. The molecule has 0 aromatic rings. The molecule has 0 saturated heterocycles. The van der Waals surface area contributed by atoms with Crippen molar-refractivity contribution in [3.8, 4) is 0 Å². The molecule has 0 saturated carbocycles. The van der Waals surface area contributed by atoms with Crippen LogP contribution in [-0.4, -0.2) is 6.04 Å². The molecule has 0 fully saturated rings. The normalized spacial score (nSPS) is 12.7. The zero-order chi connectivity index (χ0) is 7.28. The molecule has 9 heavy (non-hydrogen) atoms. The highest BCUT2D eigenvalue weighted by Gasteiger charge is 1.96. The predicted octanol–water partition coefficient (Wildman–Crippen LogP) is 1.19. The molecule has 0 spiro atoms. The first-order valence-corrected chi connectivity index (χ1v) is 3.37. The molecule has 1 atom stereocenters. The lowest BCUT2D eigenvalue weighted by molar-refractivity contribution is 0.558. The van der Waals surface area contributed by atoms with E-state index in [-0.39, 0.29) is 0 Å². The van der Waals surface area contributed by atoms with E-state index in [0.717, 1.165) is 6.42 Å². The fraction of sp³-hybridized carbons (Fsp3) is 0.714. The monoisotopic (exact) mass is 128 g/mol. The molecule has 0 radical (unpaired) electrons. The van der Waals surface area contributed by atoms with Crippen LogP contribution < -0.4 is 11.1 Å². The Hall–Kier alpha value is -0.660. The lowest BCUT2D eigenvalue weighted by Crippen LogP contribution is -2.28. The fourth-order valence-electron chi connectivity index (χ4n) is 0.822. The average molecular weight is 128 g/mol. The molecule has 0 bridgehead atoms. The number of nitrogens with two attached hydrogens (primary N) is 1. The van der Waals surface area contributed by atoms with Crippen LogP contribution in [0, 0.1) is 0 Å². The third-order valence-corrected chi connectivity index (χ3v) is 1.15. The Morgan fingerprint density at radius 2 is 2.33 bits per heavy atom. The van der Waals surface area contributed by atoms with Crippen LogP contribution in [0.5, 0.6) is 0 Å². The molecule has 0 aromatic carbocycles. The van der Waals surface area contributed by atoms with Gasteiger partial charge >= 0.3 is 0 Å². The van der Waals surface area contributed by atoms with Crippen LogP contribution in [0.2, 0.25) is 0 Å². The van der Waals surface area contributed by atoms with Crippen LogP contribution in [0.25, 0.3) is 0 Å². The van der Waals surface area contributed by atoms with E-state index in [1.807, 2.05) is 0 Å².